The van der Waals surface area contributed by atoms with E-state index in [9.17, 15) is 13.6 Å². The van der Waals surface area contributed by atoms with Gasteiger partial charge in [0.05, 0.1) is 7.11 Å². The van der Waals surface area contributed by atoms with Crippen LogP contribution >= 0.6 is 0 Å². The van der Waals surface area contributed by atoms with Gasteiger partial charge in [-0.3, -0.25) is 4.79 Å². The van der Waals surface area contributed by atoms with Crippen LogP contribution < -0.4 is 5.73 Å². The minimum Gasteiger partial charge on any atom is -0.468 e. The molecule has 0 saturated heterocycles. The van der Waals surface area contributed by atoms with Gasteiger partial charge < -0.3 is 10.5 Å². The average Bonchev–Trinajstić information content (AvgIpc) is 2.15. The van der Waals surface area contributed by atoms with Crippen molar-refractivity contribution >= 4 is 5.97 Å². The zero-order valence-electron chi connectivity index (χ0n) is 8.13. The van der Waals surface area contributed by atoms with Crippen LogP contribution in [0.15, 0.2) is 0 Å². The van der Waals surface area contributed by atoms with Gasteiger partial charge in [-0.1, -0.05) is 0 Å². The largest absolute Gasteiger partial charge is 0.468 e. The Balaban J connectivity index is 2.45. The molecule has 0 aromatic carbocycles. The second-order valence-corrected chi connectivity index (χ2v) is 3.74. The molecule has 14 heavy (non-hydrogen) atoms. The Kier molecular flexibility index (Phi) is 3.42. The van der Waals surface area contributed by atoms with Gasteiger partial charge in [-0.15, -0.1) is 0 Å². The fourth-order valence-corrected chi connectivity index (χ4v) is 1.75. The van der Waals surface area contributed by atoms with Crippen molar-refractivity contribution < 1.29 is 18.3 Å². The number of hydrogen-bond donors (Lipinski definition) is 1. The Morgan fingerprint density at radius 3 is 2.43 bits per heavy atom. The van der Waals surface area contributed by atoms with E-state index in [1.54, 1.807) is 0 Å². The quantitative estimate of drug-likeness (QED) is 0.694. The van der Waals surface area contributed by atoms with Gasteiger partial charge >= 0.3 is 5.97 Å². The molecule has 1 saturated carbocycles. The molecule has 1 aliphatic carbocycles. The number of methoxy groups -OCH3 is 1. The number of halogens is 2. The summed E-state index contributed by atoms with van der Waals surface area (Å²) in [6.45, 7) is 0. The fourth-order valence-electron chi connectivity index (χ4n) is 1.75. The third-order valence-electron chi connectivity index (χ3n) is 2.74. The molecule has 0 heterocycles. The van der Waals surface area contributed by atoms with Crippen molar-refractivity contribution in [1.29, 1.82) is 0 Å². The first-order valence-corrected chi connectivity index (χ1v) is 4.67. The third kappa shape index (κ3) is 2.64. The molecule has 1 atom stereocenters. The standard InChI is InChI=1S/C9H15F2NO2/c1-14-8(13)7(12)6-2-4-9(10,11)5-3-6/h6-7H,2-5,12H2,1H3/t7-/m0/s1. The molecule has 3 nitrogen and oxygen atoms in total. The van der Waals surface area contributed by atoms with Crippen LogP contribution in [-0.2, 0) is 9.53 Å². The van der Waals surface area contributed by atoms with Crippen LogP contribution in [0.3, 0.4) is 0 Å². The van der Waals surface area contributed by atoms with E-state index in [0.29, 0.717) is 12.8 Å². The summed E-state index contributed by atoms with van der Waals surface area (Å²) in [4.78, 5) is 11.0. The van der Waals surface area contributed by atoms with Crippen molar-refractivity contribution in [3.8, 4) is 0 Å². The predicted molar refractivity (Wildman–Crippen MR) is 46.9 cm³/mol. The van der Waals surface area contributed by atoms with E-state index in [4.69, 9.17) is 5.73 Å². The van der Waals surface area contributed by atoms with E-state index in [1.807, 2.05) is 0 Å². The summed E-state index contributed by atoms with van der Waals surface area (Å²) in [6, 6.07) is -0.754. The van der Waals surface area contributed by atoms with Crippen molar-refractivity contribution in [2.75, 3.05) is 7.11 Å². The Morgan fingerprint density at radius 2 is 2.00 bits per heavy atom. The molecule has 1 rings (SSSR count). The maximum Gasteiger partial charge on any atom is 0.322 e. The minimum atomic E-state index is -2.58. The van der Waals surface area contributed by atoms with Crippen molar-refractivity contribution in [1.82, 2.24) is 0 Å². The third-order valence-corrected chi connectivity index (χ3v) is 2.74. The van der Waals surface area contributed by atoms with Gasteiger partial charge in [-0.25, -0.2) is 8.78 Å². The van der Waals surface area contributed by atoms with E-state index < -0.39 is 17.9 Å². The summed E-state index contributed by atoms with van der Waals surface area (Å²) in [5, 5.41) is 0. The minimum absolute atomic E-state index is 0.165. The highest BCUT2D eigenvalue weighted by molar-refractivity contribution is 5.75. The number of carbonyl (C=O) groups excluding carboxylic acids is 1. The van der Waals surface area contributed by atoms with Gasteiger partial charge in [-0.05, 0) is 18.8 Å². The second kappa shape index (κ2) is 4.21. The first-order chi connectivity index (χ1) is 6.46. The normalized spacial score (nSPS) is 24.3. The fraction of sp³-hybridized carbons (Fsp3) is 0.889. The van der Waals surface area contributed by atoms with Crippen LogP contribution in [0.5, 0.6) is 0 Å². The number of nitrogens with two attached hydrogens (primary N) is 1. The lowest BCUT2D eigenvalue weighted by atomic mass is 9.82. The molecule has 0 radical (unpaired) electrons. The van der Waals surface area contributed by atoms with E-state index in [-0.39, 0.29) is 18.8 Å². The summed E-state index contributed by atoms with van der Waals surface area (Å²) in [5.41, 5.74) is 5.57. The Hall–Kier alpha value is -0.710. The number of carbonyl (C=O) groups is 1. The van der Waals surface area contributed by atoms with Gasteiger partial charge in [0.25, 0.3) is 0 Å². The van der Waals surface area contributed by atoms with Gasteiger partial charge in [0.15, 0.2) is 0 Å². The van der Waals surface area contributed by atoms with Crippen LogP contribution in [0.1, 0.15) is 25.7 Å². The number of alkyl halides is 2. The highest BCUT2D eigenvalue weighted by Crippen LogP contribution is 2.37. The summed E-state index contributed by atoms with van der Waals surface area (Å²) < 4.78 is 30.0. The molecule has 0 amide bonds. The zero-order chi connectivity index (χ0) is 10.8. The number of esters is 1. The molecular formula is C9H15F2NO2. The molecule has 0 aromatic rings. The van der Waals surface area contributed by atoms with Crippen molar-refractivity contribution in [3.63, 3.8) is 0 Å². The molecule has 82 valence electrons. The Bertz CT molecular complexity index is 211. The Labute approximate surface area is 81.6 Å². The van der Waals surface area contributed by atoms with Crippen LogP contribution in [0.2, 0.25) is 0 Å². The second-order valence-electron chi connectivity index (χ2n) is 3.74. The molecular weight excluding hydrogens is 192 g/mol. The lowest BCUT2D eigenvalue weighted by Gasteiger charge is -2.30. The van der Waals surface area contributed by atoms with Gasteiger partial charge in [0, 0.05) is 12.8 Å². The molecule has 0 bridgehead atoms. The van der Waals surface area contributed by atoms with Crippen molar-refractivity contribution in [3.05, 3.63) is 0 Å². The average molecular weight is 207 g/mol. The number of hydrogen-bond acceptors (Lipinski definition) is 3. The molecule has 0 unspecified atom stereocenters. The van der Waals surface area contributed by atoms with E-state index in [1.165, 1.54) is 7.11 Å². The smallest absolute Gasteiger partial charge is 0.322 e. The lowest BCUT2D eigenvalue weighted by Crippen LogP contribution is -2.42. The lowest BCUT2D eigenvalue weighted by molar-refractivity contribution is -0.145. The maximum absolute atomic E-state index is 12.8. The monoisotopic (exact) mass is 207 g/mol. The summed E-state index contributed by atoms with van der Waals surface area (Å²) in [7, 11) is 1.25. The molecule has 5 heteroatoms. The summed E-state index contributed by atoms with van der Waals surface area (Å²) >= 11 is 0. The number of rotatable bonds is 2. The van der Waals surface area contributed by atoms with Crippen LogP contribution in [0.25, 0.3) is 0 Å². The van der Waals surface area contributed by atoms with Crippen LogP contribution in [-0.4, -0.2) is 25.0 Å². The van der Waals surface area contributed by atoms with E-state index in [2.05, 4.69) is 4.74 Å². The van der Waals surface area contributed by atoms with Gasteiger partial charge in [0.1, 0.15) is 6.04 Å². The number of ether oxygens (including phenoxy) is 1. The summed E-state index contributed by atoms with van der Waals surface area (Å²) in [5.74, 6) is -3.26. The Morgan fingerprint density at radius 1 is 1.50 bits per heavy atom. The van der Waals surface area contributed by atoms with Crippen LogP contribution in [0.4, 0.5) is 8.78 Å². The molecule has 0 spiro atoms. The first kappa shape index (κ1) is 11.4. The topological polar surface area (TPSA) is 52.3 Å². The molecule has 2 N–H and O–H groups in total. The van der Waals surface area contributed by atoms with Crippen molar-refractivity contribution in [2.24, 2.45) is 11.7 Å². The molecule has 0 aliphatic heterocycles. The zero-order valence-corrected chi connectivity index (χ0v) is 8.13. The summed E-state index contributed by atoms with van der Waals surface area (Å²) in [6.07, 6.45) is 0.233. The van der Waals surface area contributed by atoms with E-state index in [0.717, 1.165) is 0 Å². The predicted octanol–water partition coefficient (Wildman–Crippen LogP) is 1.31. The van der Waals surface area contributed by atoms with Crippen LogP contribution in [0, 0.1) is 5.92 Å². The molecule has 1 fully saturated rings. The highest BCUT2D eigenvalue weighted by atomic mass is 19.3. The first-order valence-electron chi connectivity index (χ1n) is 4.67. The molecule has 0 aromatic heterocycles. The highest BCUT2D eigenvalue weighted by Gasteiger charge is 2.38. The van der Waals surface area contributed by atoms with E-state index >= 15 is 0 Å². The SMILES string of the molecule is COC(=O)[C@@H](N)C1CCC(F)(F)CC1. The molecule has 1 aliphatic rings. The van der Waals surface area contributed by atoms with Crippen molar-refractivity contribution in [2.45, 2.75) is 37.6 Å². The maximum atomic E-state index is 12.8. The van der Waals surface area contributed by atoms with Gasteiger partial charge in [-0.2, -0.15) is 0 Å². The van der Waals surface area contributed by atoms with Gasteiger partial charge in [0.2, 0.25) is 5.92 Å².